The van der Waals surface area contributed by atoms with Crippen molar-refractivity contribution in [3.05, 3.63) is 59.8 Å². The smallest absolute Gasteiger partial charge is 0.304 e. The van der Waals surface area contributed by atoms with Crippen molar-refractivity contribution in [3.8, 4) is 11.3 Å². The van der Waals surface area contributed by atoms with Gasteiger partial charge in [0.15, 0.2) is 5.76 Å². The summed E-state index contributed by atoms with van der Waals surface area (Å²) in [5.41, 5.74) is 4.99. The number of anilines is 3. The van der Waals surface area contributed by atoms with Gasteiger partial charge in [-0.25, -0.2) is 4.98 Å². The van der Waals surface area contributed by atoms with Gasteiger partial charge in [-0.2, -0.15) is 0 Å². The zero-order valence-corrected chi connectivity index (χ0v) is 18.6. The van der Waals surface area contributed by atoms with Gasteiger partial charge in [-0.05, 0) is 69.5 Å². The number of benzene rings is 2. The molecule has 1 amide bonds. The van der Waals surface area contributed by atoms with E-state index in [1.54, 1.807) is 6.20 Å². The van der Waals surface area contributed by atoms with E-state index in [2.05, 4.69) is 37.0 Å². The highest BCUT2D eigenvalue weighted by Gasteiger charge is 2.29. The lowest BCUT2D eigenvalue weighted by atomic mass is 10.1. The number of carbonyl (C=O) groups is 1. The Morgan fingerprint density at radius 1 is 1.23 bits per heavy atom. The third-order valence-corrected chi connectivity index (χ3v) is 5.67. The second kappa shape index (κ2) is 8.94. The summed E-state index contributed by atoms with van der Waals surface area (Å²) in [6, 6.07) is 14.9. The number of carbonyl (C=O) groups excluding carboxylic acids is 1. The highest BCUT2D eigenvalue weighted by atomic mass is 16.5. The van der Waals surface area contributed by atoms with Crippen LogP contribution in [0.2, 0.25) is 0 Å². The van der Waals surface area contributed by atoms with Gasteiger partial charge in [0, 0.05) is 30.3 Å². The average Bonchev–Trinajstić information content (AvgIpc) is 3.36. The molecule has 6 nitrogen and oxygen atoms in total. The van der Waals surface area contributed by atoms with Gasteiger partial charge >= 0.3 is 6.01 Å². The molecule has 1 aromatic heterocycles. The van der Waals surface area contributed by atoms with Crippen LogP contribution in [0.4, 0.5) is 17.4 Å². The first-order valence-corrected chi connectivity index (χ1v) is 10.8. The second-order valence-corrected chi connectivity index (χ2v) is 8.05. The molecule has 0 aliphatic carbocycles. The quantitative estimate of drug-likeness (QED) is 0.466. The summed E-state index contributed by atoms with van der Waals surface area (Å²) < 4.78 is 11.9. The lowest BCUT2D eigenvalue weighted by molar-refractivity contribution is -0.117. The number of oxazole rings is 1. The zero-order valence-electron chi connectivity index (χ0n) is 18.6. The molecule has 1 unspecified atom stereocenters. The third kappa shape index (κ3) is 4.35. The first-order chi connectivity index (χ1) is 15.0. The molecule has 2 heterocycles. The van der Waals surface area contributed by atoms with E-state index in [0.717, 1.165) is 34.5 Å². The topological polar surface area (TPSA) is 58.8 Å². The summed E-state index contributed by atoms with van der Waals surface area (Å²) in [6.45, 7) is 9.09. The lowest BCUT2D eigenvalue weighted by Crippen LogP contribution is -2.30. The van der Waals surface area contributed by atoms with Crippen LogP contribution in [-0.2, 0) is 9.53 Å². The molecule has 162 valence electrons. The Balaban J connectivity index is 1.69. The van der Waals surface area contributed by atoms with E-state index in [-0.39, 0.29) is 11.9 Å². The van der Waals surface area contributed by atoms with Gasteiger partial charge < -0.3 is 14.1 Å². The second-order valence-electron chi connectivity index (χ2n) is 8.05. The maximum atomic E-state index is 12.4. The molecule has 2 aromatic carbocycles. The highest BCUT2D eigenvalue weighted by Crippen LogP contribution is 2.34. The van der Waals surface area contributed by atoms with Crippen molar-refractivity contribution >= 4 is 23.3 Å². The molecule has 1 aliphatic rings. The molecule has 1 fully saturated rings. The van der Waals surface area contributed by atoms with Crippen LogP contribution in [0.3, 0.4) is 0 Å². The Labute approximate surface area is 183 Å². The Bertz CT molecular complexity index is 1080. The molecular weight excluding hydrogens is 390 g/mol. The Morgan fingerprint density at radius 3 is 2.74 bits per heavy atom. The molecule has 0 saturated carbocycles. The number of aryl methyl sites for hydroxylation is 2. The summed E-state index contributed by atoms with van der Waals surface area (Å²) in [5.74, 6) is 0.832. The van der Waals surface area contributed by atoms with Crippen molar-refractivity contribution in [2.75, 3.05) is 23.1 Å². The van der Waals surface area contributed by atoms with Gasteiger partial charge in [-0.1, -0.05) is 18.2 Å². The van der Waals surface area contributed by atoms with Gasteiger partial charge in [0.05, 0.1) is 11.9 Å². The van der Waals surface area contributed by atoms with E-state index < -0.39 is 0 Å². The van der Waals surface area contributed by atoms with Crippen molar-refractivity contribution in [2.24, 2.45) is 0 Å². The maximum Gasteiger partial charge on any atom is 0.304 e. The molecule has 4 rings (SSSR count). The van der Waals surface area contributed by atoms with Gasteiger partial charge in [0.1, 0.15) is 6.73 Å². The third-order valence-electron chi connectivity index (χ3n) is 5.67. The minimum atomic E-state index is 0.171. The SMILES string of the molecule is CCOCN(c1ncc(-c2cc(C)cc(N3C(=O)CCC3C)c2)o1)c1ccccc1C. The maximum absolute atomic E-state index is 12.4. The number of rotatable bonds is 7. The molecule has 6 heteroatoms. The molecule has 1 atom stereocenters. The van der Waals surface area contributed by atoms with Crippen molar-refractivity contribution < 1.29 is 13.9 Å². The number of amides is 1. The van der Waals surface area contributed by atoms with Crippen molar-refractivity contribution in [1.82, 2.24) is 4.98 Å². The summed E-state index contributed by atoms with van der Waals surface area (Å²) in [4.78, 5) is 20.8. The summed E-state index contributed by atoms with van der Waals surface area (Å²) >= 11 is 0. The number of para-hydroxylation sites is 1. The predicted molar refractivity (Wildman–Crippen MR) is 123 cm³/mol. The molecule has 31 heavy (non-hydrogen) atoms. The standard InChI is InChI=1S/C25H29N3O3/c1-5-30-16-27(22-9-7-6-8-18(22)3)25-26-15-23(31-25)20-12-17(2)13-21(14-20)28-19(4)10-11-24(28)29/h6-9,12-15,19H,5,10-11,16H2,1-4H3. The molecule has 0 spiro atoms. The van der Waals surface area contributed by atoms with Crippen LogP contribution in [0.15, 0.2) is 53.1 Å². The van der Waals surface area contributed by atoms with Crippen molar-refractivity contribution in [1.29, 1.82) is 0 Å². The molecule has 0 bridgehead atoms. The molecule has 0 N–H and O–H groups in total. The van der Waals surface area contributed by atoms with Crippen LogP contribution in [0.25, 0.3) is 11.3 Å². The Hall–Kier alpha value is -3.12. The zero-order chi connectivity index (χ0) is 22.0. The van der Waals surface area contributed by atoms with E-state index in [9.17, 15) is 4.79 Å². The van der Waals surface area contributed by atoms with Crippen LogP contribution >= 0.6 is 0 Å². The minimum Gasteiger partial charge on any atom is -0.423 e. The average molecular weight is 420 g/mol. The fraction of sp³-hybridized carbons (Fsp3) is 0.360. The van der Waals surface area contributed by atoms with Crippen LogP contribution in [0, 0.1) is 13.8 Å². The van der Waals surface area contributed by atoms with E-state index in [1.165, 1.54) is 0 Å². The minimum absolute atomic E-state index is 0.171. The van der Waals surface area contributed by atoms with Crippen LogP contribution in [0.5, 0.6) is 0 Å². The molecule has 0 radical (unpaired) electrons. The van der Waals surface area contributed by atoms with E-state index >= 15 is 0 Å². The van der Waals surface area contributed by atoms with Gasteiger partial charge in [-0.3, -0.25) is 9.69 Å². The normalized spacial score (nSPS) is 16.2. The molecular formula is C25H29N3O3. The fourth-order valence-corrected chi connectivity index (χ4v) is 4.07. The number of hydrogen-bond acceptors (Lipinski definition) is 5. The summed E-state index contributed by atoms with van der Waals surface area (Å²) in [7, 11) is 0. The first kappa shape index (κ1) is 21.1. The number of aromatic nitrogens is 1. The molecule has 1 saturated heterocycles. The summed E-state index contributed by atoms with van der Waals surface area (Å²) in [5, 5.41) is 0. The van der Waals surface area contributed by atoms with Crippen molar-refractivity contribution in [3.63, 3.8) is 0 Å². The van der Waals surface area contributed by atoms with Gasteiger partial charge in [-0.15, -0.1) is 0 Å². The Kier molecular flexibility index (Phi) is 6.09. The van der Waals surface area contributed by atoms with Crippen LogP contribution in [0.1, 0.15) is 37.8 Å². The first-order valence-electron chi connectivity index (χ1n) is 10.8. The van der Waals surface area contributed by atoms with Gasteiger partial charge in [0.2, 0.25) is 5.91 Å². The van der Waals surface area contributed by atoms with E-state index in [0.29, 0.717) is 31.5 Å². The van der Waals surface area contributed by atoms with Crippen LogP contribution < -0.4 is 9.80 Å². The number of hydrogen-bond donors (Lipinski definition) is 0. The van der Waals surface area contributed by atoms with Crippen LogP contribution in [-0.4, -0.2) is 30.3 Å². The number of nitrogens with zero attached hydrogens (tertiary/aromatic N) is 3. The Morgan fingerprint density at radius 2 is 2.03 bits per heavy atom. The van der Waals surface area contributed by atoms with E-state index in [4.69, 9.17) is 9.15 Å². The highest BCUT2D eigenvalue weighted by molar-refractivity contribution is 5.96. The molecule has 3 aromatic rings. The molecule has 1 aliphatic heterocycles. The number of ether oxygens (including phenoxy) is 1. The van der Waals surface area contributed by atoms with Crippen molar-refractivity contribution in [2.45, 2.75) is 46.6 Å². The van der Waals surface area contributed by atoms with E-state index in [1.807, 2.05) is 47.9 Å². The summed E-state index contributed by atoms with van der Waals surface area (Å²) in [6.07, 6.45) is 3.22. The lowest BCUT2D eigenvalue weighted by Gasteiger charge is -2.23. The fourth-order valence-electron chi connectivity index (χ4n) is 4.07. The predicted octanol–water partition coefficient (Wildman–Crippen LogP) is 5.61. The monoisotopic (exact) mass is 419 g/mol. The van der Waals surface area contributed by atoms with Gasteiger partial charge in [0.25, 0.3) is 0 Å². The largest absolute Gasteiger partial charge is 0.423 e.